The van der Waals surface area contributed by atoms with Crippen molar-refractivity contribution in [3.63, 3.8) is 0 Å². The molecule has 1 aromatic rings. The molecular weight excluding hydrogens is 346 g/mol. The van der Waals surface area contributed by atoms with Crippen LogP contribution in [0.15, 0.2) is 24.3 Å². The molecule has 1 amide bonds. The van der Waals surface area contributed by atoms with Crippen LogP contribution in [0, 0.1) is 0 Å². The van der Waals surface area contributed by atoms with Crippen LogP contribution in [0.2, 0.25) is 0 Å². The second kappa shape index (κ2) is 9.68. The molecule has 3 rings (SSSR count). The molecular formula is C19H29N5O3. The van der Waals surface area contributed by atoms with Crippen molar-refractivity contribution in [2.45, 2.75) is 18.9 Å². The van der Waals surface area contributed by atoms with Gasteiger partial charge in [0.2, 0.25) is 6.41 Å². The summed E-state index contributed by atoms with van der Waals surface area (Å²) in [5.41, 5.74) is 1.47. The topological polar surface area (TPSA) is 77.2 Å². The highest BCUT2D eigenvalue weighted by Crippen LogP contribution is 2.27. The summed E-state index contributed by atoms with van der Waals surface area (Å²) >= 11 is 0. The lowest BCUT2D eigenvalue weighted by Gasteiger charge is -2.45. The van der Waals surface area contributed by atoms with E-state index in [1.54, 1.807) is 0 Å². The van der Waals surface area contributed by atoms with Gasteiger partial charge in [0.15, 0.2) is 0 Å². The number of rotatable bonds is 7. The Morgan fingerprint density at radius 1 is 1.26 bits per heavy atom. The minimum absolute atomic E-state index is 0.112. The van der Waals surface area contributed by atoms with Gasteiger partial charge in [0.05, 0.1) is 18.5 Å². The molecule has 0 atom stereocenters. The molecule has 8 heteroatoms. The zero-order chi connectivity index (χ0) is 19.1. The Morgan fingerprint density at radius 2 is 1.96 bits per heavy atom. The molecule has 2 fully saturated rings. The molecule has 148 valence electrons. The fraction of sp³-hybridized carbons (Fsp3) is 0.579. The van der Waals surface area contributed by atoms with E-state index in [4.69, 9.17) is 4.74 Å². The number of nitrogens with one attached hydrogen (secondary N) is 2. The van der Waals surface area contributed by atoms with E-state index in [2.05, 4.69) is 20.5 Å². The van der Waals surface area contributed by atoms with Crippen LogP contribution in [0.5, 0.6) is 0 Å². The fourth-order valence-corrected chi connectivity index (χ4v) is 3.90. The molecule has 0 aromatic heterocycles. The van der Waals surface area contributed by atoms with Crippen LogP contribution in [-0.2, 0) is 14.3 Å². The van der Waals surface area contributed by atoms with Crippen LogP contribution < -0.4 is 15.6 Å². The number of ether oxygens (including phenoxy) is 1. The van der Waals surface area contributed by atoms with Crippen LogP contribution in [0.1, 0.15) is 12.8 Å². The number of nitrogens with zero attached hydrogens (tertiary/aromatic N) is 3. The summed E-state index contributed by atoms with van der Waals surface area (Å²) in [4.78, 5) is 25.6. The zero-order valence-electron chi connectivity index (χ0n) is 15.9. The molecule has 8 nitrogen and oxygen atoms in total. The second-order valence-corrected chi connectivity index (χ2v) is 6.88. The van der Waals surface area contributed by atoms with E-state index < -0.39 is 0 Å². The highest BCUT2D eigenvalue weighted by atomic mass is 16.5. The van der Waals surface area contributed by atoms with E-state index in [1.165, 1.54) is 20.0 Å². The Kier molecular flexibility index (Phi) is 7.03. The van der Waals surface area contributed by atoms with Crippen molar-refractivity contribution in [1.82, 2.24) is 15.2 Å². The molecule has 0 radical (unpaired) electrons. The monoisotopic (exact) mass is 375 g/mol. The van der Waals surface area contributed by atoms with E-state index in [-0.39, 0.29) is 12.5 Å². The Labute approximate surface area is 160 Å². The van der Waals surface area contributed by atoms with Gasteiger partial charge < -0.3 is 15.4 Å². The van der Waals surface area contributed by atoms with Gasteiger partial charge in [-0.2, -0.15) is 0 Å². The molecule has 2 aliphatic rings. The number of hydrogen-bond donors (Lipinski definition) is 2. The van der Waals surface area contributed by atoms with Gasteiger partial charge in [0.1, 0.15) is 6.54 Å². The molecule has 0 bridgehead atoms. The predicted molar refractivity (Wildman–Crippen MR) is 105 cm³/mol. The van der Waals surface area contributed by atoms with Gasteiger partial charge in [-0.15, -0.1) is 0 Å². The quantitative estimate of drug-likeness (QED) is 0.531. The lowest BCUT2D eigenvalue weighted by atomic mass is 10.0. The number of piperidine rings is 1. The van der Waals surface area contributed by atoms with Gasteiger partial charge >= 0.3 is 5.97 Å². The first-order valence-corrected chi connectivity index (χ1v) is 9.56. The minimum atomic E-state index is -0.309. The first-order chi connectivity index (χ1) is 13.2. The van der Waals surface area contributed by atoms with E-state index >= 15 is 0 Å². The van der Waals surface area contributed by atoms with Gasteiger partial charge in [-0.05, 0) is 38.1 Å². The van der Waals surface area contributed by atoms with Crippen LogP contribution >= 0.6 is 0 Å². The third-order valence-corrected chi connectivity index (χ3v) is 5.36. The number of hydrazine groups is 1. The summed E-state index contributed by atoms with van der Waals surface area (Å²) in [5, 5.41) is 10.3. The Balaban J connectivity index is 1.72. The molecule has 2 heterocycles. The SMILES string of the molecule is COC(=O)CN(c1ccccc1NC=O)N1CCN(C2CCNCC2)CC1. The third-order valence-electron chi connectivity index (χ3n) is 5.36. The lowest BCUT2D eigenvalue weighted by Crippen LogP contribution is -2.58. The van der Waals surface area contributed by atoms with E-state index in [1.807, 2.05) is 29.3 Å². The Morgan fingerprint density at radius 3 is 2.63 bits per heavy atom. The highest BCUT2D eigenvalue weighted by molar-refractivity contribution is 5.84. The number of carbonyl (C=O) groups is 2. The molecule has 27 heavy (non-hydrogen) atoms. The summed E-state index contributed by atoms with van der Waals surface area (Å²) in [6, 6.07) is 8.15. The normalized spacial score (nSPS) is 19.4. The molecule has 2 aliphatic heterocycles. The van der Waals surface area contributed by atoms with Gasteiger partial charge in [0.25, 0.3) is 0 Å². The Hall–Kier alpha value is -2.16. The van der Waals surface area contributed by atoms with Crippen molar-refractivity contribution in [2.75, 3.05) is 63.2 Å². The number of para-hydroxylation sites is 2. The number of benzene rings is 1. The molecule has 2 saturated heterocycles. The maximum Gasteiger partial charge on any atom is 0.326 e. The van der Waals surface area contributed by atoms with E-state index in [9.17, 15) is 9.59 Å². The van der Waals surface area contributed by atoms with Crippen LogP contribution in [0.4, 0.5) is 11.4 Å². The van der Waals surface area contributed by atoms with Crippen LogP contribution in [-0.4, -0.2) is 81.3 Å². The zero-order valence-corrected chi connectivity index (χ0v) is 15.9. The van der Waals surface area contributed by atoms with Crippen molar-refractivity contribution in [3.05, 3.63) is 24.3 Å². The maximum atomic E-state index is 12.0. The van der Waals surface area contributed by atoms with Gasteiger partial charge in [-0.1, -0.05) is 12.1 Å². The molecule has 2 N–H and O–H groups in total. The smallest absolute Gasteiger partial charge is 0.326 e. The molecule has 0 unspecified atom stereocenters. The number of amides is 1. The molecule has 0 aliphatic carbocycles. The number of anilines is 2. The number of methoxy groups -OCH3 is 1. The fourth-order valence-electron chi connectivity index (χ4n) is 3.90. The average Bonchev–Trinajstić information content (AvgIpc) is 2.73. The number of piperazine rings is 1. The Bertz CT molecular complexity index is 628. The summed E-state index contributed by atoms with van der Waals surface area (Å²) < 4.78 is 4.89. The standard InChI is InChI=1S/C19H29N5O3/c1-27-19(26)14-24(18-5-3-2-4-17(18)21-15-25)23-12-10-22(11-13-23)16-6-8-20-9-7-16/h2-5,15-16,20H,6-14H2,1H3,(H,21,25). The third kappa shape index (κ3) is 4.97. The maximum absolute atomic E-state index is 12.0. The highest BCUT2D eigenvalue weighted by Gasteiger charge is 2.29. The van der Waals surface area contributed by atoms with Crippen molar-refractivity contribution in [1.29, 1.82) is 0 Å². The summed E-state index contributed by atoms with van der Waals surface area (Å²) in [7, 11) is 1.39. The predicted octanol–water partition coefficient (Wildman–Crippen LogP) is 0.519. The first-order valence-electron chi connectivity index (χ1n) is 9.56. The van der Waals surface area contributed by atoms with Gasteiger partial charge in [0, 0.05) is 32.2 Å². The van der Waals surface area contributed by atoms with Crippen molar-refractivity contribution in [2.24, 2.45) is 0 Å². The second-order valence-electron chi connectivity index (χ2n) is 6.88. The average molecular weight is 375 g/mol. The largest absolute Gasteiger partial charge is 0.468 e. The molecule has 0 saturated carbocycles. The number of hydrogen-bond acceptors (Lipinski definition) is 7. The van der Waals surface area contributed by atoms with Crippen LogP contribution in [0.3, 0.4) is 0 Å². The van der Waals surface area contributed by atoms with Gasteiger partial charge in [-0.25, -0.2) is 5.01 Å². The molecule has 1 aromatic carbocycles. The molecule has 0 spiro atoms. The summed E-state index contributed by atoms with van der Waals surface area (Å²) in [6.07, 6.45) is 3.04. The lowest BCUT2D eigenvalue weighted by molar-refractivity contribution is -0.139. The van der Waals surface area contributed by atoms with E-state index in [0.717, 1.165) is 45.0 Å². The first kappa shape index (κ1) is 19.6. The van der Waals surface area contributed by atoms with E-state index in [0.29, 0.717) is 18.1 Å². The number of carbonyl (C=O) groups excluding carboxylic acids is 2. The summed E-state index contributed by atoms with van der Waals surface area (Å²) in [6.45, 7) is 5.87. The minimum Gasteiger partial charge on any atom is -0.468 e. The van der Waals surface area contributed by atoms with Crippen molar-refractivity contribution in [3.8, 4) is 0 Å². The number of esters is 1. The van der Waals surface area contributed by atoms with Crippen LogP contribution in [0.25, 0.3) is 0 Å². The summed E-state index contributed by atoms with van der Waals surface area (Å²) in [5.74, 6) is -0.309. The van der Waals surface area contributed by atoms with Crippen molar-refractivity contribution < 1.29 is 14.3 Å². The van der Waals surface area contributed by atoms with Crippen molar-refractivity contribution >= 4 is 23.8 Å². The van der Waals surface area contributed by atoms with Gasteiger partial charge in [-0.3, -0.25) is 19.5 Å².